The van der Waals surface area contributed by atoms with Crippen molar-refractivity contribution < 1.29 is 14.5 Å². The summed E-state index contributed by atoms with van der Waals surface area (Å²) in [7, 11) is 1.35. The van der Waals surface area contributed by atoms with Gasteiger partial charge < -0.3 is 15.4 Å². The predicted molar refractivity (Wildman–Crippen MR) is 68.1 cm³/mol. The van der Waals surface area contributed by atoms with Crippen LogP contribution in [0.1, 0.15) is 16.8 Å². The van der Waals surface area contributed by atoms with E-state index in [2.05, 4.69) is 0 Å². The Morgan fingerprint density at radius 3 is 2.84 bits per heavy atom. The van der Waals surface area contributed by atoms with Crippen LogP contribution in [0.15, 0.2) is 18.2 Å². The van der Waals surface area contributed by atoms with E-state index in [0.29, 0.717) is 13.1 Å². The van der Waals surface area contributed by atoms with E-state index in [1.165, 1.54) is 25.3 Å². The lowest BCUT2D eigenvalue weighted by atomic mass is 10.1. The van der Waals surface area contributed by atoms with Gasteiger partial charge in [-0.3, -0.25) is 14.9 Å². The van der Waals surface area contributed by atoms with Crippen LogP contribution < -0.4 is 10.5 Å². The topological polar surface area (TPSA) is 98.7 Å². The highest BCUT2D eigenvalue weighted by Crippen LogP contribution is 2.28. The van der Waals surface area contributed by atoms with Gasteiger partial charge in [0, 0.05) is 30.8 Å². The van der Waals surface area contributed by atoms with E-state index in [4.69, 9.17) is 10.5 Å². The lowest BCUT2D eigenvalue weighted by Crippen LogP contribution is -2.31. The number of methoxy groups -OCH3 is 1. The van der Waals surface area contributed by atoms with Gasteiger partial charge in [0.2, 0.25) is 0 Å². The monoisotopic (exact) mass is 265 g/mol. The molecule has 0 saturated carbocycles. The van der Waals surface area contributed by atoms with Gasteiger partial charge in [-0.15, -0.1) is 0 Å². The van der Waals surface area contributed by atoms with Crippen molar-refractivity contribution in [3.05, 3.63) is 33.9 Å². The Morgan fingerprint density at radius 2 is 2.32 bits per heavy atom. The average Bonchev–Trinajstić information content (AvgIpc) is 2.83. The van der Waals surface area contributed by atoms with Gasteiger partial charge in [-0.1, -0.05) is 0 Å². The number of carbonyl (C=O) groups is 1. The Kier molecular flexibility index (Phi) is 3.66. The van der Waals surface area contributed by atoms with Crippen LogP contribution in [0, 0.1) is 10.1 Å². The molecule has 1 saturated heterocycles. The first-order chi connectivity index (χ1) is 9.02. The Morgan fingerprint density at radius 1 is 1.58 bits per heavy atom. The van der Waals surface area contributed by atoms with Crippen LogP contribution in [0.2, 0.25) is 0 Å². The first-order valence-electron chi connectivity index (χ1n) is 5.90. The SMILES string of the molecule is COc1ccc(C(=O)N2CC[C@@H](N)C2)cc1[N+](=O)[O-]. The smallest absolute Gasteiger partial charge is 0.311 e. The third-order valence-corrected chi connectivity index (χ3v) is 3.13. The van der Waals surface area contributed by atoms with E-state index in [-0.39, 0.29) is 28.9 Å². The number of hydrogen-bond donors (Lipinski definition) is 1. The quantitative estimate of drug-likeness (QED) is 0.643. The van der Waals surface area contributed by atoms with E-state index < -0.39 is 4.92 Å². The van der Waals surface area contributed by atoms with Gasteiger partial charge in [0.15, 0.2) is 5.75 Å². The van der Waals surface area contributed by atoms with Crippen molar-refractivity contribution in [2.24, 2.45) is 5.73 Å². The molecule has 2 rings (SSSR count). The molecule has 19 heavy (non-hydrogen) atoms. The largest absolute Gasteiger partial charge is 0.490 e. The van der Waals surface area contributed by atoms with Crippen molar-refractivity contribution in [2.45, 2.75) is 12.5 Å². The van der Waals surface area contributed by atoms with Crippen molar-refractivity contribution in [1.82, 2.24) is 4.90 Å². The second-order valence-electron chi connectivity index (χ2n) is 4.44. The second-order valence-corrected chi connectivity index (χ2v) is 4.44. The van der Waals surface area contributed by atoms with Crippen molar-refractivity contribution in [3.8, 4) is 5.75 Å². The third-order valence-electron chi connectivity index (χ3n) is 3.13. The number of carbonyl (C=O) groups excluding carboxylic acids is 1. The molecule has 0 radical (unpaired) electrons. The maximum atomic E-state index is 12.2. The van der Waals surface area contributed by atoms with E-state index in [9.17, 15) is 14.9 Å². The highest BCUT2D eigenvalue weighted by atomic mass is 16.6. The summed E-state index contributed by atoms with van der Waals surface area (Å²) in [5, 5.41) is 10.9. The van der Waals surface area contributed by atoms with Crippen LogP contribution in [-0.4, -0.2) is 42.0 Å². The minimum absolute atomic E-state index is 0.0165. The molecule has 0 aliphatic carbocycles. The van der Waals surface area contributed by atoms with Gasteiger partial charge >= 0.3 is 5.69 Å². The number of benzene rings is 1. The number of rotatable bonds is 3. The Bertz CT molecular complexity index is 518. The van der Waals surface area contributed by atoms with E-state index in [1.54, 1.807) is 4.90 Å². The zero-order valence-electron chi connectivity index (χ0n) is 10.5. The van der Waals surface area contributed by atoms with Crippen molar-refractivity contribution in [3.63, 3.8) is 0 Å². The zero-order chi connectivity index (χ0) is 14.0. The molecule has 1 heterocycles. The molecule has 1 aliphatic rings. The Balaban J connectivity index is 2.28. The van der Waals surface area contributed by atoms with Crippen LogP contribution in [0.4, 0.5) is 5.69 Å². The molecule has 102 valence electrons. The normalized spacial score (nSPS) is 18.4. The molecule has 1 amide bonds. The van der Waals surface area contributed by atoms with Crippen LogP contribution in [0.3, 0.4) is 0 Å². The van der Waals surface area contributed by atoms with Crippen LogP contribution in [0.25, 0.3) is 0 Å². The molecular weight excluding hydrogens is 250 g/mol. The molecular formula is C12H15N3O4. The number of nitrogens with zero attached hydrogens (tertiary/aromatic N) is 2. The van der Waals surface area contributed by atoms with Gasteiger partial charge in [0.25, 0.3) is 5.91 Å². The fourth-order valence-electron chi connectivity index (χ4n) is 2.12. The summed E-state index contributed by atoms with van der Waals surface area (Å²) in [4.78, 5) is 24.1. The standard InChI is InChI=1S/C12H15N3O4/c1-19-11-3-2-8(6-10(11)15(17)18)12(16)14-5-4-9(13)7-14/h2-3,6,9H,4-5,7,13H2,1H3/t9-/m1/s1. The Hall–Kier alpha value is -2.15. The third kappa shape index (κ3) is 2.65. The summed E-state index contributed by atoms with van der Waals surface area (Å²) in [6, 6.07) is 4.18. The molecule has 1 aromatic carbocycles. The molecule has 0 bridgehead atoms. The summed E-state index contributed by atoms with van der Waals surface area (Å²) in [6.07, 6.45) is 0.754. The summed E-state index contributed by atoms with van der Waals surface area (Å²) >= 11 is 0. The number of nitro benzene ring substituents is 1. The van der Waals surface area contributed by atoms with Crippen LogP contribution >= 0.6 is 0 Å². The van der Waals surface area contributed by atoms with Gasteiger partial charge in [0.05, 0.1) is 12.0 Å². The van der Waals surface area contributed by atoms with Crippen molar-refractivity contribution >= 4 is 11.6 Å². The number of nitrogens with two attached hydrogens (primary N) is 1. The number of likely N-dealkylation sites (tertiary alicyclic amines) is 1. The second kappa shape index (κ2) is 5.23. The first-order valence-corrected chi connectivity index (χ1v) is 5.90. The minimum atomic E-state index is -0.564. The molecule has 0 aromatic heterocycles. The van der Waals surface area contributed by atoms with Crippen molar-refractivity contribution in [2.75, 3.05) is 20.2 Å². The van der Waals surface area contributed by atoms with Gasteiger partial charge in [-0.25, -0.2) is 0 Å². The number of nitro groups is 1. The first kappa shape index (κ1) is 13.3. The molecule has 1 fully saturated rings. The van der Waals surface area contributed by atoms with E-state index >= 15 is 0 Å². The Labute approximate surface area is 110 Å². The highest BCUT2D eigenvalue weighted by Gasteiger charge is 2.26. The number of hydrogen-bond acceptors (Lipinski definition) is 5. The summed E-state index contributed by atoms with van der Waals surface area (Å²) in [6.45, 7) is 1.07. The fourth-order valence-corrected chi connectivity index (χ4v) is 2.12. The molecule has 1 aromatic rings. The summed E-state index contributed by atoms with van der Waals surface area (Å²) < 4.78 is 4.90. The maximum absolute atomic E-state index is 12.2. The summed E-state index contributed by atoms with van der Waals surface area (Å²) in [5.41, 5.74) is 5.81. The van der Waals surface area contributed by atoms with Crippen LogP contribution in [-0.2, 0) is 0 Å². The van der Waals surface area contributed by atoms with Crippen LogP contribution in [0.5, 0.6) is 5.75 Å². The molecule has 1 aliphatic heterocycles. The lowest BCUT2D eigenvalue weighted by Gasteiger charge is -2.15. The lowest BCUT2D eigenvalue weighted by molar-refractivity contribution is -0.385. The molecule has 7 nitrogen and oxygen atoms in total. The molecule has 2 N–H and O–H groups in total. The molecule has 0 unspecified atom stereocenters. The summed E-state index contributed by atoms with van der Waals surface area (Å²) in [5.74, 6) is -0.0987. The van der Waals surface area contributed by atoms with E-state index in [0.717, 1.165) is 6.42 Å². The van der Waals surface area contributed by atoms with Gasteiger partial charge in [-0.05, 0) is 18.6 Å². The molecule has 1 atom stereocenters. The minimum Gasteiger partial charge on any atom is -0.490 e. The number of ether oxygens (including phenoxy) is 1. The van der Waals surface area contributed by atoms with E-state index in [1.807, 2.05) is 0 Å². The molecule has 0 spiro atoms. The van der Waals surface area contributed by atoms with Crippen molar-refractivity contribution in [1.29, 1.82) is 0 Å². The predicted octanol–water partition coefficient (Wildman–Crippen LogP) is 0.777. The van der Waals surface area contributed by atoms with Gasteiger partial charge in [0.1, 0.15) is 0 Å². The molecule has 7 heteroatoms. The maximum Gasteiger partial charge on any atom is 0.311 e. The zero-order valence-corrected chi connectivity index (χ0v) is 10.5. The average molecular weight is 265 g/mol. The fraction of sp³-hybridized carbons (Fsp3) is 0.417. The highest BCUT2D eigenvalue weighted by molar-refractivity contribution is 5.95. The number of amides is 1. The van der Waals surface area contributed by atoms with Gasteiger partial charge in [-0.2, -0.15) is 0 Å².